The molecule has 0 atom stereocenters. The number of piperidine rings is 2. The van der Waals surface area contributed by atoms with Crippen molar-refractivity contribution < 1.29 is 13.9 Å². The fourth-order valence-electron chi connectivity index (χ4n) is 4.10. The number of anilines is 1. The molecule has 0 saturated carbocycles. The van der Waals surface area contributed by atoms with Gasteiger partial charge in [0, 0.05) is 19.1 Å². The maximum absolute atomic E-state index is 14.2. The van der Waals surface area contributed by atoms with Gasteiger partial charge in [0.15, 0.2) is 0 Å². The minimum atomic E-state index is -0.117. The first-order chi connectivity index (χ1) is 12.1. The summed E-state index contributed by atoms with van der Waals surface area (Å²) in [6, 6.07) is 6.04. The standard InChI is InChI=1S/C20H29FN2O2/c1-3-25-20(24)16-6-10-22(11-7-16)17-8-12-23(13-9-17)19-5-4-15(2)14-18(19)21/h4-5,14,16-17H,3,6-13H2,1-2H3. The van der Waals surface area contributed by atoms with Crippen molar-refractivity contribution in [2.45, 2.75) is 45.6 Å². The van der Waals surface area contributed by atoms with E-state index < -0.39 is 0 Å². The van der Waals surface area contributed by atoms with Gasteiger partial charge in [-0.25, -0.2) is 4.39 Å². The predicted octanol–water partition coefficient (Wildman–Crippen LogP) is 3.38. The lowest BCUT2D eigenvalue weighted by Crippen LogP contribution is -2.48. The van der Waals surface area contributed by atoms with Crippen molar-refractivity contribution in [3.8, 4) is 0 Å². The summed E-state index contributed by atoms with van der Waals surface area (Å²) >= 11 is 0. The normalized spacial score (nSPS) is 20.7. The number of esters is 1. The van der Waals surface area contributed by atoms with Gasteiger partial charge in [0.1, 0.15) is 5.82 Å². The van der Waals surface area contributed by atoms with Crippen LogP contribution in [0.5, 0.6) is 0 Å². The van der Waals surface area contributed by atoms with Crippen molar-refractivity contribution in [2.75, 3.05) is 37.7 Å². The van der Waals surface area contributed by atoms with E-state index in [0.29, 0.717) is 12.6 Å². The molecule has 2 saturated heterocycles. The highest BCUT2D eigenvalue weighted by atomic mass is 19.1. The lowest BCUT2D eigenvalue weighted by Gasteiger charge is -2.42. The average molecular weight is 348 g/mol. The van der Waals surface area contributed by atoms with Crippen LogP contribution in [0.1, 0.15) is 38.2 Å². The molecule has 1 aromatic rings. The minimum absolute atomic E-state index is 0.0354. The van der Waals surface area contributed by atoms with Crippen LogP contribution in [0, 0.1) is 18.7 Å². The molecule has 2 fully saturated rings. The fourth-order valence-corrected chi connectivity index (χ4v) is 4.10. The Hall–Kier alpha value is -1.62. The van der Waals surface area contributed by atoms with Crippen molar-refractivity contribution in [3.05, 3.63) is 29.6 Å². The van der Waals surface area contributed by atoms with E-state index in [9.17, 15) is 9.18 Å². The van der Waals surface area contributed by atoms with Crippen molar-refractivity contribution >= 4 is 11.7 Å². The first kappa shape index (κ1) is 18.2. The summed E-state index contributed by atoms with van der Waals surface area (Å²) in [7, 11) is 0. The average Bonchev–Trinajstić information content (AvgIpc) is 2.62. The number of benzene rings is 1. The number of nitrogens with zero attached hydrogens (tertiary/aromatic N) is 2. The van der Waals surface area contributed by atoms with Gasteiger partial charge in [-0.2, -0.15) is 0 Å². The van der Waals surface area contributed by atoms with Crippen molar-refractivity contribution in [2.24, 2.45) is 5.92 Å². The number of carbonyl (C=O) groups excluding carboxylic acids is 1. The van der Waals surface area contributed by atoms with Gasteiger partial charge in [-0.05, 0) is 70.3 Å². The third-order valence-electron chi connectivity index (χ3n) is 5.57. The van der Waals surface area contributed by atoms with Crippen LogP contribution in [0.15, 0.2) is 18.2 Å². The largest absolute Gasteiger partial charge is 0.466 e. The highest BCUT2D eigenvalue weighted by Gasteiger charge is 2.31. The summed E-state index contributed by atoms with van der Waals surface area (Å²) in [6.45, 7) is 7.95. The zero-order chi connectivity index (χ0) is 17.8. The highest BCUT2D eigenvalue weighted by molar-refractivity contribution is 5.72. The zero-order valence-electron chi connectivity index (χ0n) is 15.3. The van der Waals surface area contributed by atoms with Gasteiger partial charge in [-0.1, -0.05) is 6.07 Å². The quantitative estimate of drug-likeness (QED) is 0.781. The third-order valence-corrected chi connectivity index (χ3v) is 5.57. The molecule has 138 valence electrons. The van der Waals surface area contributed by atoms with Gasteiger partial charge in [-0.3, -0.25) is 4.79 Å². The molecule has 2 aliphatic rings. The lowest BCUT2D eigenvalue weighted by atomic mass is 9.93. The van der Waals surface area contributed by atoms with E-state index in [4.69, 9.17) is 4.74 Å². The Labute approximate surface area is 149 Å². The molecule has 0 aliphatic carbocycles. The lowest BCUT2D eigenvalue weighted by molar-refractivity contribution is -0.149. The molecule has 0 bridgehead atoms. The number of ether oxygens (including phenoxy) is 1. The molecule has 0 aromatic heterocycles. The maximum Gasteiger partial charge on any atom is 0.309 e. The number of rotatable bonds is 4. The van der Waals surface area contributed by atoms with Crippen molar-refractivity contribution in [1.82, 2.24) is 4.90 Å². The Morgan fingerprint density at radius 3 is 2.44 bits per heavy atom. The Bertz CT molecular complexity index is 591. The van der Waals surface area contributed by atoms with E-state index in [1.807, 2.05) is 26.0 Å². The van der Waals surface area contributed by atoms with Gasteiger partial charge in [-0.15, -0.1) is 0 Å². The van der Waals surface area contributed by atoms with Gasteiger partial charge >= 0.3 is 5.97 Å². The van der Waals surface area contributed by atoms with E-state index in [-0.39, 0.29) is 17.7 Å². The third kappa shape index (κ3) is 4.32. The summed E-state index contributed by atoms with van der Waals surface area (Å²) in [5.74, 6) is -0.0848. The molecule has 3 rings (SSSR count). The molecular weight excluding hydrogens is 319 g/mol. The monoisotopic (exact) mass is 348 g/mol. The molecule has 5 heteroatoms. The summed E-state index contributed by atoms with van der Waals surface area (Å²) in [4.78, 5) is 16.5. The van der Waals surface area contributed by atoms with E-state index >= 15 is 0 Å². The first-order valence-electron chi connectivity index (χ1n) is 9.50. The second-order valence-electron chi connectivity index (χ2n) is 7.24. The van der Waals surface area contributed by atoms with E-state index in [1.54, 1.807) is 6.07 Å². The number of halogens is 1. The van der Waals surface area contributed by atoms with Crippen LogP contribution in [0.4, 0.5) is 10.1 Å². The first-order valence-corrected chi connectivity index (χ1v) is 9.50. The molecule has 25 heavy (non-hydrogen) atoms. The van der Waals surface area contributed by atoms with Crippen LogP contribution in [0.2, 0.25) is 0 Å². The second kappa shape index (κ2) is 8.17. The molecule has 0 amide bonds. The smallest absolute Gasteiger partial charge is 0.309 e. The Kier molecular flexibility index (Phi) is 5.94. The van der Waals surface area contributed by atoms with E-state index in [2.05, 4.69) is 9.80 Å². The molecule has 2 heterocycles. The van der Waals surface area contributed by atoms with Crippen LogP contribution >= 0.6 is 0 Å². The molecule has 2 aliphatic heterocycles. The molecule has 1 aromatic carbocycles. The summed E-state index contributed by atoms with van der Waals surface area (Å²) in [5.41, 5.74) is 1.69. The number of carbonyl (C=O) groups is 1. The summed E-state index contributed by atoms with van der Waals surface area (Å²) in [6.07, 6.45) is 3.89. The maximum atomic E-state index is 14.2. The summed E-state index contributed by atoms with van der Waals surface area (Å²) in [5, 5.41) is 0. The molecular formula is C20H29FN2O2. The van der Waals surface area contributed by atoms with Crippen LogP contribution in [0.3, 0.4) is 0 Å². The number of hydrogen-bond acceptors (Lipinski definition) is 4. The van der Waals surface area contributed by atoms with Crippen LogP contribution in [0.25, 0.3) is 0 Å². The fraction of sp³-hybridized carbons (Fsp3) is 0.650. The van der Waals surface area contributed by atoms with Crippen molar-refractivity contribution in [3.63, 3.8) is 0 Å². The molecule has 0 radical (unpaired) electrons. The second-order valence-corrected chi connectivity index (χ2v) is 7.24. The highest BCUT2D eigenvalue weighted by Crippen LogP contribution is 2.28. The number of hydrogen-bond donors (Lipinski definition) is 0. The summed E-state index contributed by atoms with van der Waals surface area (Å²) < 4.78 is 19.3. The molecule has 4 nitrogen and oxygen atoms in total. The molecule has 0 spiro atoms. The van der Waals surface area contributed by atoms with Gasteiger partial charge < -0.3 is 14.5 Å². The van der Waals surface area contributed by atoms with Gasteiger partial charge in [0.25, 0.3) is 0 Å². The van der Waals surface area contributed by atoms with Crippen LogP contribution in [-0.2, 0) is 9.53 Å². The van der Waals surface area contributed by atoms with Gasteiger partial charge in [0.2, 0.25) is 0 Å². The molecule has 0 N–H and O–H groups in total. The molecule has 0 unspecified atom stereocenters. The SMILES string of the molecule is CCOC(=O)C1CCN(C2CCN(c3ccc(C)cc3F)CC2)CC1. The van der Waals surface area contributed by atoms with Crippen LogP contribution in [-0.4, -0.2) is 49.7 Å². The minimum Gasteiger partial charge on any atom is -0.466 e. The topological polar surface area (TPSA) is 32.8 Å². The van der Waals surface area contributed by atoms with E-state index in [1.165, 1.54) is 0 Å². The van der Waals surface area contributed by atoms with E-state index in [0.717, 1.165) is 63.1 Å². The number of aryl methyl sites for hydroxylation is 1. The zero-order valence-corrected chi connectivity index (χ0v) is 15.3. The Balaban J connectivity index is 1.49. The Morgan fingerprint density at radius 1 is 1.16 bits per heavy atom. The van der Waals surface area contributed by atoms with Crippen molar-refractivity contribution in [1.29, 1.82) is 0 Å². The predicted molar refractivity (Wildman–Crippen MR) is 97.3 cm³/mol. The Morgan fingerprint density at radius 2 is 1.84 bits per heavy atom. The number of likely N-dealkylation sites (tertiary alicyclic amines) is 1. The van der Waals surface area contributed by atoms with Crippen LogP contribution < -0.4 is 4.90 Å². The van der Waals surface area contributed by atoms with Gasteiger partial charge in [0.05, 0.1) is 18.2 Å².